The van der Waals surface area contributed by atoms with Crippen molar-refractivity contribution in [3.8, 4) is 0 Å². The van der Waals surface area contributed by atoms with Crippen molar-refractivity contribution in [2.24, 2.45) is 22.7 Å². The molecule has 6 amide bonds. The van der Waals surface area contributed by atoms with E-state index in [-0.39, 0.29) is 41.7 Å². The Morgan fingerprint density at radius 2 is 1.82 bits per heavy atom. The van der Waals surface area contributed by atoms with Crippen LogP contribution in [0.1, 0.15) is 68.2 Å². The van der Waals surface area contributed by atoms with E-state index in [1.807, 2.05) is 41.5 Å². The molecule has 0 aromatic heterocycles. The van der Waals surface area contributed by atoms with Crippen LogP contribution in [-0.2, 0) is 19.2 Å². The first kappa shape index (κ1) is 29.4. The van der Waals surface area contributed by atoms with Crippen LogP contribution in [0.3, 0.4) is 0 Å². The van der Waals surface area contributed by atoms with Crippen LogP contribution in [-0.4, -0.2) is 76.3 Å². The zero-order chi connectivity index (χ0) is 28.8. The highest BCUT2D eigenvalue weighted by molar-refractivity contribution is 5.95. The maximum atomic E-state index is 13.9. The Labute approximate surface area is 225 Å². The molecule has 5 atom stereocenters. The summed E-state index contributed by atoms with van der Waals surface area (Å²) in [6.07, 6.45) is 2.02. The minimum atomic E-state index is -0.875. The van der Waals surface area contributed by atoms with Crippen LogP contribution < -0.4 is 21.4 Å². The molecule has 11 heteroatoms. The van der Waals surface area contributed by atoms with Crippen LogP contribution in [0.15, 0.2) is 12.7 Å². The monoisotopic (exact) mass is 532 g/mol. The van der Waals surface area contributed by atoms with Crippen molar-refractivity contribution in [1.82, 2.24) is 31.3 Å². The van der Waals surface area contributed by atoms with E-state index >= 15 is 0 Å². The summed E-state index contributed by atoms with van der Waals surface area (Å²) < 4.78 is 0. The molecule has 0 bridgehead atoms. The summed E-state index contributed by atoms with van der Waals surface area (Å²) >= 11 is 0. The maximum absolute atomic E-state index is 13.9. The number of carbonyl (C=O) groups excluding carboxylic acids is 5. The summed E-state index contributed by atoms with van der Waals surface area (Å²) in [6.45, 7) is 19.3. The number of fused-ring (bicyclic) bond motifs is 1. The molecule has 11 nitrogen and oxygen atoms in total. The average Bonchev–Trinajstić information content (AvgIpc) is 3.14. The second kappa shape index (κ2) is 10.2. The van der Waals surface area contributed by atoms with Gasteiger partial charge in [-0.25, -0.2) is 9.80 Å². The lowest BCUT2D eigenvalue weighted by Gasteiger charge is -2.38. The third kappa shape index (κ3) is 6.30. The number of amides is 6. The van der Waals surface area contributed by atoms with Gasteiger partial charge >= 0.3 is 6.03 Å². The summed E-state index contributed by atoms with van der Waals surface area (Å²) in [5.41, 5.74) is 1.46. The third-order valence-electron chi connectivity index (χ3n) is 7.81. The lowest BCUT2D eigenvalue weighted by Crippen LogP contribution is -2.62. The van der Waals surface area contributed by atoms with Gasteiger partial charge in [-0.2, -0.15) is 0 Å². The van der Waals surface area contributed by atoms with E-state index in [0.29, 0.717) is 19.4 Å². The quantitative estimate of drug-likeness (QED) is 0.302. The van der Waals surface area contributed by atoms with Crippen LogP contribution in [0, 0.1) is 22.7 Å². The van der Waals surface area contributed by atoms with Gasteiger partial charge in [-0.3, -0.25) is 24.6 Å². The Bertz CT molecular complexity index is 1010. The molecule has 4 N–H and O–H groups in total. The number of piperidine rings is 1. The molecule has 0 radical (unpaired) electrons. The van der Waals surface area contributed by atoms with E-state index in [9.17, 15) is 24.0 Å². The third-order valence-corrected chi connectivity index (χ3v) is 7.81. The summed E-state index contributed by atoms with van der Waals surface area (Å²) in [7, 11) is 0. The molecular weight excluding hydrogens is 488 g/mol. The number of likely N-dealkylation sites (tertiary alicyclic amines) is 1. The Balaban J connectivity index is 1.82. The minimum Gasteiger partial charge on any atom is -0.351 e. The molecule has 2 aliphatic heterocycles. The Kier molecular flexibility index (Phi) is 7.92. The Hall–Kier alpha value is -3.11. The standard InChI is InChI=1S/C27H44N6O5/c1-10-18(35)33(13-15-11-12-17(34)28-15)31-22(36)20-19-16(27(19,8)9)14-32(20)23(37)21(25(2,3)4)29-24(38)30-26(5,6)7/h10,15-16,19-21H,1,11-14H2,2-9H3,(H,28,34)(H,31,36)(H2,29,30,38)/t15?,16-,19-,20-,21?/m0/s1. The van der Waals surface area contributed by atoms with Gasteiger partial charge < -0.3 is 20.9 Å². The van der Waals surface area contributed by atoms with Gasteiger partial charge in [0.2, 0.25) is 11.8 Å². The highest BCUT2D eigenvalue weighted by Crippen LogP contribution is 2.65. The van der Waals surface area contributed by atoms with Crippen molar-refractivity contribution in [1.29, 1.82) is 0 Å². The number of hydrogen-bond donors (Lipinski definition) is 4. The molecule has 3 rings (SSSR count). The Morgan fingerprint density at radius 1 is 1.18 bits per heavy atom. The maximum Gasteiger partial charge on any atom is 0.315 e. The zero-order valence-electron chi connectivity index (χ0n) is 23.9. The highest BCUT2D eigenvalue weighted by atomic mass is 16.2. The summed E-state index contributed by atoms with van der Waals surface area (Å²) in [4.78, 5) is 66.1. The molecule has 1 aliphatic carbocycles. The van der Waals surface area contributed by atoms with E-state index in [2.05, 4.69) is 41.8 Å². The zero-order valence-corrected chi connectivity index (χ0v) is 23.9. The second-order valence-electron chi connectivity index (χ2n) is 13.5. The molecule has 2 unspecified atom stereocenters. The first-order valence-electron chi connectivity index (χ1n) is 13.3. The fourth-order valence-electron chi connectivity index (χ4n) is 5.67. The molecule has 3 fully saturated rings. The SMILES string of the molecule is C=CC(=O)N(CC1CCC(=O)N1)NC(=O)[C@@H]1[C@@H]2[C@H](CN1C(=O)C(NC(=O)NC(C)(C)C)C(C)(C)C)C2(C)C. The fraction of sp³-hybridized carbons (Fsp3) is 0.741. The smallest absolute Gasteiger partial charge is 0.315 e. The van der Waals surface area contributed by atoms with E-state index in [1.54, 1.807) is 4.90 Å². The summed E-state index contributed by atoms with van der Waals surface area (Å²) in [5.74, 6) is -1.36. The summed E-state index contributed by atoms with van der Waals surface area (Å²) in [5, 5.41) is 9.62. The van der Waals surface area contributed by atoms with Gasteiger partial charge in [-0.1, -0.05) is 41.2 Å². The first-order chi connectivity index (χ1) is 17.4. The lowest BCUT2D eigenvalue weighted by atomic mass is 9.85. The predicted molar refractivity (Wildman–Crippen MR) is 142 cm³/mol. The molecule has 2 heterocycles. The largest absolute Gasteiger partial charge is 0.351 e. The van der Waals surface area contributed by atoms with Gasteiger partial charge in [0.25, 0.3) is 11.8 Å². The van der Waals surface area contributed by atoms with Crippen molar-refractivity contribution < 1.29 is 24.0 Å². The van der Waals surface area contributed by atoms with Crippen LogP contribution in [0.5, 0.6) is 0 Å². The van der Waals surface area contributed by atoms with Gasteiger partial charge in [0.1, 0.15) is 12.1 Å². The topological polar surface area (TPSA) is 140 Å². The van der Waals surface area contributed by atoms with Gasteiger partial charge in [0.05, 0.1) is 6.54 Å². The van der Waals surface area contributed by atoms with Gasteiger partial charge in [0.15, 0.2) is 0 Å². The number of hydrogen-bond acceptors (Lipinski definition) is 5. The van der Waals surface area contributed by atoms with E-state index in [1.165, 1.54) is 0 Å². The Morgan fingerprint density at radius 3 is 2.32 bits per heavy atom. The number of nitrogens with one attached hydrogen (secondary N) is 4. The lowest BCUT2D eigenvalue weighted by molar-refractivity contribution is -0.148. The van der Waals surface area contributed by atoms with Crippen LogP contribution >= 0.6 is 0 Å². The molecular formula is C27H44N6O5. The van der Waals surface area contributed by atoms with Crippen molar-refractivity contribution in [2.45, 2.75) is 91.9 Å². The van der Waals surface area contributed by atoms with Crippen molar-refractivity contribution >= 4 is 29.7 Å². The number of nitrogens with zero attached hydrogens (tertiary/aromatic N) is 2. The van der Waals surface area contributed by atoms with Crippen LogP contribution in [0.4, 0.5) is 4.79 Å². The highest BCUT2D eigenvalue weighted by Gasteiger charge is 2.70. The van der Waals surface area contributed by atoms with E-state index in [4.69, 9.17) is 0 Å². The fourth-order valence-corrected chi connectivity index (χ4v) is 5.67. The number of hydrazine groups is 1. The molecule has 212 valence electrons. The molecule has 38 heavy (non-hydrogen) atoms. The van der Waals surface area contributed by atoms with E-state index in [0.717, 1.165) is 11.1 Å². The van der Waals surface area contributed by atoms with Gasteiger partial charge in [0, 0.05) is 24.5 Å². The average molecular weight is 533 g/mol. The minimum absolute atomic E-state index is 0.0812. The van der Waals surface area contributed by atoms with Crippen molar-refractivity contribution in [3.63, 3.8) is 0 Å². The molecule has 3 aliphatic rings. The van der Waals surface area contributed by atoms with Gasteiger partial charge in [-0.05, 0) is 55.9 Å². The second-order valence-corrected chi connectivity index (χ2v) is 13.5. The number of carbonyl (C=O) groups is 5. The van der Waals surface area contributed by atoms with Gasteiger partial charge in [-0.15, -0.1) is 0 Å². The molecule has 1 saturated carbocycles. The number of rotatable bonds is 6. The van der Waals surface area contributed by atoms with Crippen LogP contribution in [0.25, 0.3) is 0 Å². The van der Waals surface area contributed by atoms with Crippen LogP contribution in [0.2, 0.25) is 0 Å². The van der Waals surface area contributed by atoms with Crippen molar-refractivity contribution in [2.75, 3.05) is 13.1 Å². The first-order valence-corrected chi connectivity index (χ1v) is 13.3. The molecule has 0 aromatic rings. The number of urea groups is 1. The molecule has 2 saturated heterocycles. The predicted octanol–water partition coefficient (Wildman–Crippen LogP) is 1.31. The van der Waals surface area contributed by atoms with E-state index < -0.39 is 40.9 Å². The van der Waals surface area contributed by atoms with Crippen molar-refractivity contribution in [3.05, 3.63) is 12.7 Å². The normalized spacial score (nSPS) is 26.5. The summed E-state index contributed by atoms with van der Waals surface area (Å²) in [6, 6.07) is -2.43. The molecule has 0 aromatic carbocycles. The molecule has 0 spiro atoms.